The van der Waals surface area contributed by atoms with E-state index in [9.17, 15) is 18.0 Å². The fraction of sp³-hybridized carbons (Fsp3) is 0.296. The van der Waals surface area contributed by atoms with Crippen molar-refractivity contribution >= 4 is 17.5 Å². The topological polar surface area (TPSA) is 41.6 Å². The molecule has 0 spiro atoms. The van der Waals surface area contributed by atoms with Crippen molar-refractivity contribution in [3.05, 3.63) is 94.6 Å². The van der Waals surface area contributed by atoms with E-state index in [1.54, 1.807) is 24.3 Å². The number of amides is 1. The molecule has 0 unspecified atom stereocenters. The van der Waals surface area contributed by atoms with Gasteiger partial charge in [0.05, 0.1) is 0 Å². The second-order valence-corrected chi connectivity index (χ2v) is 8.67. The third-order valence-corrected chi connectivity index (χ3v) is 6.73. The van der Waals surface area contributed by atoms with Gasteiger partial charge in [-0.25, -0.2) is 18.0 Å². The van der Waals surface area contributed by atoms with E-state index >= 15 is 0 Å². The molecule has 0 bridgehead atoms. The van der Waals surface area contributed by atoms with Crippen LogP contribution in [0.4, 0.5) is 29.3 Å². The van der Waals surface area contributed by atoms with Gasteiger partial charge in [-0.05, 0) is 59.4 Å². The van der Waals surface area contributed by atoms with Crippen LogP contribution in [0, 0.1) is 11.6 Å². The second-order valence-electron chi connectivity index (χ2n) is 8.67. The summed E-state index contributed by atoms with van der Waals surface area (Å²) >= 11 is 0. The van der Waals surface area contributed by atoms with Crippen molar-refractivity contribution < 1.29 is 22.7 Å². The van der Waals surface area contributed by atoms with Gasteiger partial charge in [-0.1, -0.05) is 36.4 Å². The zero-order valence-electron chi connectivity index (χ0n) is 18.6. The molecule has 1 amide bonds. The number of halogens is 3. The number of anilines is 2. The fourth-order valence-corrected chi connectivity index (χ4v) is 5.31. The third-order valence-electron chi connectivity index (χ3n) is 6.73. The van der Waals surface area contributed by atoms with Crippen molar-refractivity contribution in [2.24, 2.45) is 0 Å². The lowest BCUT2D eigenvalue weighted by atomic mass is 9.76. The van der Waals surface area contributed by atoms with Gasteiger partial charge in [-0.2, -0.15) is 0 Å². The quantitative estimate of drug-likeness (QED) is 0.476. The Balaban J connectivity index is 1.65. The van der Waals surface area contributed by atoms with Gasteiger partial charge in [-0.3, -0.25) is 5.32 Å². The molecule has 0 aromatic heterocycles. The van der Waals surface area contributed by atoms with E-state index < -0.39 is 12.8 Å². The highest BCUT2D eigenvalue weighted by Crippen LogP contribution is 2.50. The third kappa shape index (κ3) is 4.11. The fourth-order valence-electron chi connectivity index (χ4n) is 5.31. The van der Waals surface area contributed by atoms with Crippen LogP contribution in [0.3, 0.4) is 0 Å². The number of hydrogen-bond donors (Lipinski definition) is 1. The minimum absolute atomic E-state index is 0.214. The molecule has 3 aromatic carbocycles. The number of carbonyl (C=O) groups is 1. The standard InChI is InChI=1S/C27H25F3N2O2/c28-11-14-34-27(33)31-17-15-22-18(20-5-1-3-7-24(20)29)9-12-32-13-10-19(23(16-17)26(22)32)21-6-2-4-8-25(21)30/h1-8,15-16,18-19H,9-14H2,(H,31,33)/t18-,19-/m0/s1. The molecule has 2 atom stereocenters. The summed E-state index contributed by atoms with van der Waals surface area (Å²) in [7, 11) is 0. The van der Waals surface area contributed by atoms with E-state index in [4.69, 9.17) is 4.74 Å². The highest BCUT2D eigenvalue weighted by molar-refractivity contribution is 5.86. The van der Waals surface area contributed by atoms with E-state index in [0.29, 0.717) is 29.7 Å². The molecule has 2 aliphatic heterocycles. The van der Waals surface area contributed by atoms with Gasteiger partial charge >= 0.3 is 6.09 Å². The van der Waals surface area contributed by atoms with E-state index in [0.717, 1.165) is 29.9 Å². The molecule has 176 valence electrons. The number of benzene rings is 3. The predicted octanol–water partition coefficient (Wildman–Crippen LogP) is 6.36. The summed E-state index contributed by atoms with van der Waals surface area (Å²) in [5, 5.41) is 2.68. The Kier molecular flexibility index (Phi) is 6.18. The number of nitrogens with one attached hydrogen (secondary N) is 1. The highest BCUT2D eigenvalue weighted by atomic mass is 19.1. The van der Waals surface area contributed by atoms with E-state index in [1.807, 2.05) is 24.3 Å². The average Bonchev–Trinajstić information content (AvgIpc) is 2.84. The van der Waals surface area contributed by atoms with E-state index in [2.05, 4.69) is 10.2 Å². The first kappa shape index (κ1) is 22.3. The maximum absolute atomic E-state index is 14.8. The Morgan fingerprint density at radius 3 is 1.91 bits per heavy atom. The van der Waals surface area contributed by atoms with Crippen molar-refractivity contribution in [3.8, 4) is 0 Å². The van der Waals surface area contributed by atoms with Gasteiger partial charge in [0.15, 0.2) is 0 Å². The van der Waals surface area contributed by atoms with Crippen LogP contribution >= 0.6 is 0 Å². The van der Waals surface area contributed by atoms with Crippen LogP contribution < -0.4 is 10.2 Å². The molecule has 0 saturated carbocycles. The molecule has 4 nitrogen and oxygen atoms in total. The molecular weight excluding hydrogens is 441 g/mol. The SMILES string of the molecule is O=C(Nc1cc2c3c(c1)[C@H](c1ccccc1F)CCN3CC[C@H]2c1ccccc1F)OCCF. The monoisotopic (exact) mass is 466 g/mol. The predicted molar refractivity (Wildman–Crippen MR) is 125 cm³/mol. The van der Waals surface area contributed by atoms with Crippen molar-refractivity contribution in [3.63, 3.8) is 0 Å². The van der Waals surface area contributed by atoms with Crippen LogP contribution in [0.15, 0.2) is 60.7 Å². The molecule has 2 heterocycles. The molecule has 34 heavy (non-hydrogen) atoms. The molecule has 7 heteroatoms. The van der Waals surface area contributed by atoms with Gasteiger partial charge in [0.1, 0.15) is 24.9 Å². The number of rotatable bonds is 5. The minimum Gasteiger partial charge on any atom is -0.447 e. The molecule has 2 aliphatic rings. The maximum atomic E-state index is 14.8. The van der Waals surface area contributed by atoms with E-state index in [-0.39, 0.29) is 30.1 Å². The number of alkyl halides is 1. The first-order valence-electron chi connectivity index (χ1n) is 11.5. The Morgan fingerprint density at radius 1 is 0.882 bits per heavy atom. The van der Waals surface area contributed by atoms with Crippen LogP contribution in [-0.2, 0) is 4.74 Å². The number of hydrogen-bond acceptors (Lipinski definition) is 3. The van der Waals surface area contributed by atoms with Crippen molar-refractivity contribution in [2.45, 2.75) is 24.7 Å². The van der Waals surface area contributed by atoms with Gasteiger partial charge < -0.3 is 9.64 Å². The van der Waals surface area contributed by atoms with Crippen LogP contribution in [0.2, 0.25) is 0 Å². The summed E-state index contributed by atoms with van der Waals surface area (Å²) in [6, 6.07) is 17.1. The zero-order valence-corrected chi connectivity index (χ0v) is 18.6. The van der Waals surface area contributed by atoms with E-state index in [1.165, 1.54) is 12.1 Å². The van der Waals surface area contributed by atoms with Crippen LogP contribution in [0.1, 0.15) is 46.9 Å². The Morgan fingerprint density at radius 2 is 1.41 bits per heavy atom. The lowest BCUT2D eigenvalue weighted by Crippen LogP contribution is -2.38. The molecule has 0 fully saturated rings. The lowest BCUT2D eigenvalue weighted by molar-refractivity contribution is 0.152. The van der Waals surface area contributed by atoms with Crippen molar-refractivity contribution in [2.75, 3.05) is 36.6 Å². The first-order chi connectivity index (χ1) is 16.6. The summed E-state index contributed by atoms with van der Waals surface area (Å²) < 4.78 is 46.9. The van der Waals surface area contributed by atoms with Gasteiger partial charge in [0.2, 0.25) is 0 Å². The van der Waals surface area contributed by atoms with Crippen molar-refractivity contribution in [1.29, 1.82) is 0 Å². The molecular formula is C27H25F3N2O2. The summed E-state index contributed by atoms with van der Waals surface area (Å²) in [6.45, 7) is 0.401. The zero-order chi connectivity index (χ0) is 23.7. The molecule has 5 rings (SSSR count). The second kappa shape index (κ2) is 9.41. The molecule has 3 aromatic rings. The first-order valence-corrected chi connectivity index (χ1v) is 11.5. The van der Waals surface area contributed by atoms with Gasteiger partial charge in [0.25, 0.3) is 0 Å². The van der Waals surface area contributed by atoms with Gasteiger partial charge in [-0.15, -0.1) is 0 Å². The summed E-state index contributed by atoms with van der Waals surface area (Å²) in [5.41, 5.74) is 4.39. The summed E-state index contributed by atoms with van der Waals surface area (Å²) in [5.74, 6) is -0.989. The number of nitrogens with zero attached hydrogens (tertiary/aromatic N) is 1. The molecule has 1 N–H and O–H groups in total. The molecule has 0 radical (unpaired) electrons. The van der Waals surface area contributed by atoms with Crippen LogP contribution in [-0.4, -0.2) is 32.5 Å². The Labute approximate surface area is 196 Å². The van der Waals surface area contributed by atoms with Gasteiger partial charge in [0, 0.05) is 36.3 Å². The normalized spacial score (nSPS) is 18.9. The molecule has 0 saturated heterocycles. The van der Waals surface area contributed by atoms with Crippen molar-refractivity contribution in [1.82, 2.24) is 0 Å². The maximum Gasteiger partial charge on any atom is 0.411 e. The highest BCUT2D eigenvalue weighted by Gasteiger charge is 2.36. The largest absolute Gasteiger partial charge is 0.447 e. The smallest absolute Gasteiger partial charge is 0.411 e. The number of ether oxygens (including phenoxy) is 1. The molecule has 0 aliphatic carbocycles. The summed E-state index contributed by atoms with van der Waals surface area (Å²) in [4.78, 5) is 14.5. The minimum atomic E-state index is -0.775. The Bertz CT molecular complexity index is 1140. The summed E-state index contributed by atoms with van der Waals surface area (Å²) in [6.07, 6.45) is 0.666. The van der Waals surface area contributed by atoms with Crippen LogP contribution in [0.25, 0.3) is 0 Å². The Hall–Kier alpha value is -3.48. The lowest BCUT2D eigenvalue weighted by Gasteiger charge is -2.43. The van der Waals surface area contributed by atoms with Crippen LogP contribution in [0.5, 0.6) is 0 Å². The number of carbonyl (C=O) groups excluding carboxylic acids is 1. The average molecular weight is 467 g/mol.